The topological polar surface area (TPSA) is 97.8 Å². The van der Waals surface area contributed by atoms with Gasteiger partial charge in [-0.2, -0.15) is 0 Å². The molecule has 4 aliphatic carbocycles. The summed E-state index contributed by atoms with van der Waals surface area (Å²) in [5, 5.41) is 15.3. The van der Waals surface area contributed by atoms with Crippen LogP contribution in [0.15, 0.2) is 10.5 Å². The van der Waals surface area contributed by atoms with Crippen molar-refractivity contribution < 1.29 is 14.7 Å². The van der Waals surface area contributed by atoms with Gasteiger partial charge < -0.3 is 15.7 Å². The minimum Gasteiger partial charge on any atom is -0.476 e. The first-order chi connectivity index (χ1) is 10.5. The molecule has 4 saturated carbocycles. The standard InChI is InChI=1S/C15H19N3O3S/c16-14-17-11(7-22-14)12(13(19)20)18-21-15-4-8-1-9(5-15)3-10(2-8)6-15/h7-10H,1-6H2,(H2,16,17)(H,19,20)/b18-12-. The lowest BCUT2D eigenvalue weighted by Gasteiger charge is -2.54. The highest BCUT2D eigenvalue weighted by atomic mass is 32.1. The fourth-order valence-corrected chi connectivity index (χ4v) is 5.42. The number of aromatic nitrogens is 1. The van der Waals surface area contributed by atoms with E-state index >= 15 is 0 Å². The molecule has 3 N–H and O–H groups in total. The van der Waals surface area contributed by atoms with Crippen LogP contribution in [-0.2, 0) is 9.63 Å². The van der Waals surface area contributed by atoms with E-state index in [2.05, 4.69) is 10.1 Å². The quantitative estimate of drug-likeness (QED) is 0.656. The summed E-state index contributed by atoms with van der Waals surface area (Å²) < 4.78 is 0. The van der Waals surface area contributed by atoms with Crippen molar-refractivity contribution in [3.8, 4) is 0 Å². The van der Waals surface area contributed by atoms with Crippen molar-refractivity contribution in [2.75, 3.05) is 5.73 Å². The van der Waals surface area contributed by atoms with Crippen LogP contribution in [-0.4, -0.2) is 27.4 Å². The van der Waals surface area contributed by atoms with Crippen LogP contribution in [0.5, 0.6) is 0 Å². The molecule has 0 radical (unpaired) electrons. The van der Waals surface area contributed by atoms with Crippen LogP contribution in [0.3, 0.4) is 0 Å². The molecule has 7 heteroatoms. The summed E-state index contributed by atoms with van der Waals surface area (Å²) in [7, 11) is 0. The lowest BCUT2D eigenvalue weighted by molar-refractivity contribution is -0.162. The third kappa shape index (κ3) is 2.37. The molecule has 1 aromatic rings. The summed E-state index contributed by atoms with van der Waals surface area (Å²) in [4.78, 5) is 21.3. The first kappa shape index (κ1) is 14.0. The summed E-state index contributed by atoms with van der Waals surface area (Å²) >= 11 is 1.20. The van der Waals surface area contributed by atoms with Gasteiger partial charge in [-0.25, -0.2) is 9.78 Å². The van der Waals surface area contributed by atoms with Crippen molar-refractivity contribution in [1.29, 1.82) is 0 Å². The van der Waals surface area contributed by atoms with Gasteiger partial charge in [0.05, 0.1) is 0 Å². The van der Waals surface area contributed by atoms with Crippen molar-refractivity contribution >= 4 is 28.1 Å². The maximum Gasteiger partial charge on any atom is 0.360 e. The fraction of sp³-hybridized carbons (Fsp3) is 0.667. The predicted octanol–water partition coefficient (Wildman–Crippen LogP) is 2.50. The summed E-state index contributed by atoms with van der Waals surface area (Å²) in [6.45, 7) is 0. The highest BCUT2D eigenvalue weighted by molar-refractivity contribution is 7.13. The average molecular weight is 321 g/mol. The second-order valence-electron chi connectivity index (χ2n) is 7.01. The molecule has 1 aromatic heterocycles. The molecule has 4 aliphatic rings. The number of thiazole rings is 1. The van der Waals surface area contributed by atoms with Crippen molar-refractivity contribution in [2.24, 2.45) is 22.9 Å². The molecule has 5 rings (SSSR count). The number of aliphatic carboxylic acids is 1. The number of carbonyl (C=O) groups is 1. The van der Waals surface area contributed by atoms with E-state index in [-0.39, 0.29) is 17.0 Å². The van der Waals surface area contributed by atoms with Gasteiger partial charge in [0.2, 0.25) is 5.71 Å². The largest absolute Gasteiger partial charge is 0.476 e. The molecule has 0 amide bonds. The monoisotopic (exact) mass is 321 g/mol. The number of anilines is 1. The minimum absolute atomic E-state index is 0.149. The Morgan fingerprint density at radius 1 is 1.32 bits per heavy atom. The molecule has 118 valence electrons. The summed E-state index contributed by atoms with van der Waals surface area (Å²) in [6, 6.07) is 0. The van der Waals surface area contributed by atoms with Gasteiger partial charge in [-0.05, 0) is 56.3 Å². The SMILES string of the molecule is Nc1nc(/C(=N/OC23CC4CC(CC(C4)C2)C3)C(=O)O)cs1. The summed E-state index contributed by atoms with van der Waals surface area (Å²) in [6.07, 6.45) is 6.94. The number of hydrogen-bond donors (Lipinski definition) is 2. The zero-order valence-electron chi connectivity index (χ0n) is 12.2. The third-order valence-corrected chi connectivity index (χ3v) is 5.95. The second-order valence-corrected chi connectivity index (χ2v) is 7.90. The molecule has 22 heavy (non-hydrogen) atoms. The van der Waals surface area contributed by atoms with Gasteiger partial charge in [-0.15, -0.1) is 11.3 Å². The maximum atomic E-state index is 11.4. The van der Waals surface area contributed by atoms with E-state index < -0.39 is 5.97 Å². The number of oxime groups is 1. The number of nitrogen functional groups attached to an aromatic ring is 1. The lowest BCUT2D eigenvalue weighted by atomic mass is 9.54. The van der Waals surface area contributed by atoms with Crippen LogP contribution in [0.4, 0.5) is 5.13 Å². The molecule has 6 nitrogen and oxygen atoms in total. The van der Waals surface area contributed by atoms with E-state index in [0.717, 1.165) is 37.0 Å². The van der Waals surface area contributed by atoms with Gasteiger partial charge in [0.1, 0.15) is 11.3 Å². The van der Waals surface area contributed by atoms with E-state index in [9.17, 15) is 9.90 Å². The van der Waals surface area contributed by atoms with Crippen LogP contribution in [0.2, 0.25) is 0 Å². The minimum atomic E-state index is -1.13. The van der Waals surface area contributed by atoms with E-state index in [4.69, 9.17) is 10.6 Å². The Morgan fingerprint density at radius 3 is 2.36 bits per heavy atom. The normalized spacial score (nSPS) is 36.5. The third-order valence-electron chi connectivity index (χ3n) is 5.28. The van der Waals surface area contributed by atoms with Crippen LogP contribution >= 0.6 is 11.3 Å². The van der Waals surface area contributed by atoms with Crippen LogP contribution in [0, 0.1) is 17.8 Å². The smallest absolute Gasteiger partial charge is 0.360 e. The average Bonchev–Trinajstić information content (AvgIpc) is 2.83. The summed E-state index contributed by atoms with van der Waals surface area (Å²) in [5.74, 6) is 1.05. The number of carboxylic acids is 1. The van der Waals surface area contributed by atoms with E-state index in [0.29, 0.717) is 5.13 Å². The van der Waals surface area contributed by atoms with Gasteiger partial charge in [0.15, 0.2) is 5.13 Å². The van der Waals surface area contributed by atoms with Crippen molar-refractivity contribution in [3.05, 3.63) is 11.1 Å². The van der Waals surface area contributed by atoms with Crippen molar-refractivity contribution in [1.82, 2.24) is 4.98 Å². The van der Waals surface area contributed by atoms with Crippen LogP contribution in [0.1, 0.15) is 44.2 Å². The Bertz CT molecular complexity index is 604. The van der Waals surface area contributed by atoms with E-state index in [1.54, 1.807) is 5.38 Å². The molecular weight excluding hydrogens is 302 g/mol. The van der Waals surface area contributed by atoms with Gasteiger partial charge in [0, 0.05) is 5.38 Å². The fourth-order valence-electron chi connectivity index (χ4n) is 4.88. The molecule has 4 bridgehead atoms. The molecule has 0 aromatic carbocycles. The Hall–Kier alpha value is -1.63. The zero-order chi connectivity index (χ0) is 15.3. The first-order valence-electron chi connectivity index (χ1n) is 7.74. The number of nitrogens with two attached hydrogens (primary N) is 1. The Labute approximate surface area is 132 Å². The van der Waals surface area contributed by atoms with Crippen LogP contribution < -0.4 is 5.73 Å². The van der Waals surface area contributed by atoms with Crippen molar-refractivity contribution in [3.63, 3.8) is 0 Å². The van der Waals surface area contributed by atoms with Gasteiger partial charge in [0.25, 0.3) is 0 Å². The number of nitrogens with zero attached hydrogens (tertiary/aromatic N) is 2. The second kappa shape index (κ2) is 4.94. The van der Waals surface area contributed by atoms with Gasteiger partial charge in [-0.1, -0.05) is 5.16 Å². The number of rotatable bonds is 4. The van der Waals surface area contributed by atoms with E-state index in [1.165, 1.54) is 30.6 Å². The molecular formula is C15H19N3O3S. The van der Waals surface area contributed by atoms with Crippen molar-refractivity contribution in [2.45, 2.75) is 44.1 Å². The van der Waals surface area contributed by atoms with Gasteiger partial charge in [-0.3, -0.25) is 0 Å². The molecule has 4 fully saturated rings. The first-order valence-corrected chi connectivity index (χ1v) is 8.62. The Morgan fingerprint density at radius 2 is 1.91 bits per heavy atom. The molecule has 0 spiro atoms. The molecule has 0 atom stereocenters. The molecule has 0 aliphatic heterocycles. The zero-order valence-corrected chi connectivity index (χ0v) is 13.0. The Balaban J connectivity index is 1.58. The maximum absolute atomic E-state index is 11.4. The van der Waals surface area contributed by atoms with E-state index in [1.807, 2.05) is 0 Å². The molecule has 0 unspecified atom stereocenters. The lowest BCUT2D eigenvalue weighted by Crippen LogP contribution is -2.51. The van der Waals surface area contributed by atoms with Crippen LogP contribution in [0.25, 0.3) is 0 Å². The van der Waals surface area contributed by atoms with Gasteiger partial charge >= 0.3 is 5.97 Å². The Kier molecular flexibility index (Phi) is 3.14. The molecule has 0 saturated heterocycles. The summed E-state index contributed by atoms with van der Waals surface area (Å²) in [5.41, 5.74) is 5.45. The number of hydrogen-bond acceptors (Lipinski definition) is 6. The predicted molar refractivity (Wildman–Crippen MR) is 82.7 cm³/mol. The highest BCUT2D eigenvalue weighted by Crippen LogP contribution is 2.57. The highest BCUT2D eigenvalue weighted by Gasteiger charge is 2.53. The number of carboxylic acid groups (broad SMARTS) is 1. The molecule has 1 heterocycles.